The first-order valence-corrected chi connectivity index (χ1v) is 5.26. The molecule has 0 aromatic heterocycles. The summed E-state index contributed by atoms with van der Waals surface area (Å²) in [7, 11) is 0. The van der Waals surface area contributed by atoms with Crippen LogP contribution in [0.15, 0.2) is 4.99 Å². The van der Waals surface area contributed by atoms with Gasteiger partial charge in [-0.1, -0.05) is 0 Å². The Kier molecular flexibility index (Phi) is 3.30. The van der Waals surface area contributed by atoms with Crippen LogP contribution < -0.4 is 5.73 Å². The molecule has 5 N–H and O–H groups in total. The summed E-state index contributed by atoms with van der Waals surface area (Å²) in [6.07, 6.45) is -5.01. The van der Waals surface area contributed by atoms with Gasteiger partial charge in [-0.2, -0.15) is 4.99 Å². The molecule has 0 saturated carbocycles. The first-order chi connectivity index (χ1) is 8.45. The molecule has 0 aromatic carbocycles. The summed E-state index contributed by atoms with van der Waals surface area (Å²) < 4.78 is 5.12. The van der Waals surface area contributed by atoms with Gasteiger partial charge < -0.3 is 25.8 Å². The molecule has 9 nitrogen and oxygen atoms in total. The Hall–Kier alpha value is -1.55. The van der Waals surface area contributed by atoms with Gasteiger partial charge in [0, 0.05) is 0 Å². The molecule has 0 aromatic rings. The maximum Gasteiger partial charge on any atom is 0.348 e. The number of aliphatic imine (C=N–C) groups is 1. The van der Waals surface area contributed by atoms with Crippen molar-refractivity contribution in [2.45, 2.75) is 24.5 Å². The highest BCUT2D eigenvalue weighted by Gasteiger charge is 2.48. The van der Waals surface area contributed by atoms with Crippen LogP contribution in [0.4, 0.5) is 4.79 Å². The average molecular weight is 259 g/mol. The smallest absolute Gasteiger partial charge is 0.348 e. The van der Waals surface area contributed by atoms with E-state index in [1.54, 1.807) is 0 Å². The number of ketones is 1. The van der Waals surface area contributed by atoms with E-state index >= 15 is 0 Å². The normalized spacial score (nSPS) is 37.1. The number of Topliss-reactive ketones (excluding diaryl/α,β-unsaturated/α-hetero) is 1. The fraction of sp³-hybridized carbons (Fsp3) is 0.667. The second kappa shape index (κ2) is 4.61. The van der Waals surface area contributed by atoms with Gasteiger partial charge in [0.1, 0.15) is 18.3 Å². The third-order valence-electron chi connectivity index (χ3n) is 2.89. The summed E-state index contributed by atoms with van der Waals surface area (Å²) in [4.78, 5) is 27.1. The SMILES string of the molecule is NC1=NC(=O)N([C@@H]2O[C@H](CO)[C@@H](O)[C@H]2O)CC1=O. The van der Waals surface area contributed by atoms with Gasteiger partial charge in [-0.05, 0) is 0 Å². The maximum atomic E-state index is 11.6. The Bertz CT molecular complexity index is 411. The summed E-state index contributed by atoms with van der Waals surface area (Å²) in [6, 6.07) is -0.832. The van der Waals surface area contributed by atoms with Crippen LogP contribution in [0, 0.1) is 0 Å². The lowest BCUT2D eigenvalue weighted by molar-refractivity contribution is -0.120. The van der Waals surface area contributed by atoms with Gasteiger partial charge in [-0.15, -0.1) is 0 Å². The quantitative estimate of drug-likeness (QED) is 0.408. The zero-order valence-corrected chi connectivity index (χ0v) is 9.26. The number of urea groups is 1. The van der Waals surface area contributed by atoms with Crippen molar-refractivity contribution in [3.63, 3.8) is 0 Å². The van der Waals surface area contributed by atoms with Crippen molar-refractivity contribution >= 4 is 17.6 Å². The summed E-state index contributed by atoms with van der Waals surface area (Å²) in [5.74, 6) is -0.977. The number of carbonyl (C=O) groups excluding carboxylic acids is 2. The summed E-state index contributed by atoms with van der Waals surface area (Å²) in [5.41, 5.74) is 5.21. The van der Waals surface area contributed by atoms with Gasteiger partial charge in [0.2, 0.25) is 5.78 Å². The van der Waals surface area contributed by atoms with Gasteiger partial charge in [-0.3, -0.25) is 9.69 Å². The van der Waals surface area contributed by atoms with Crippen LogP contribution in [0.5, 0.6) is 0 Å². The van der Waals surface area contributed by atoms with Crippen molar-refractivity contribution in [1.29, 1.82) is 0 Å². The molecule has 2 aliphatic heterocycles. The molecule has 100 valence electrons. The molecule has 0 radical (unpaired) electrons. The standard InChI is InChI=1S/C9H13N3O6/c10-7-3(14)1-12(9(17)11-7)8-6(16)5(15)4(2-13)18-8/h4-6,8,13,15-16H,1-2H2,(H2,10,11,17)/t4-,5-,6-,8-/m1/s1. The number of rotatable bonds is 2. The van der Waals surface area contributed by atoms with Crippen molar-refractivity contribution in [2.75, 3.05) is 13.2 Å². The van der Waals surface area contributed by atoms with E-state index in [0.29, 0.717) is 0 Å². The minimum atomic E-state index is -1.42. The zero-order chi connectivity index (χ0) is 13.4. The molecule has 0 unspecified atom stereocenters. The van der Waals surface area contributed by atoms with Gasteiger partial charge in [-0.25, -0.2) is 4.79 Å². The molecule has 2 amide bonds. The van der Waals surface area contributed by atoms with E-state index in [2.05, 4.69) is 4.99 Å². The second-order valence-corrected chi connectivity index (χ2v) is 4.06. The minimum absolute atomic E-state index is 0.388. The Morgan fingerprint density at radius 2 is 2.06 bits per heavy atom. The largest absolute Gasteiger partial charge is 0.394 e. The number of amidine groups is 1. The highest BCUT2D eigenvalue weighted by molar-refractivity contribution is 6.41. The Morgan fingerprint density at radius 3 is 2.61 bits per heavy atom. The van der Waals surface area contributed by atoms with Crippen molar-refractivity contribution in [3.8, 4) is 0 Å². The molecule has 9 heteroatoms. The molecule has 4 atom stereocenters. The molecular formula is C9H13N3O6. The van der Waals surface area contributed by atoms with Crippen LogP contribution in [0.25, 0.3) is 0 Å². The van der Waals surface area contributed by atoms with E-state index < -0.39 is 48.8 Å². The summed E-state index contributed by atoms with van der Waals surface area (Å²) in [6.45, 7) is -0.906. The lowest BCUT2D eigenvalue weighted by atomic mass is 10.1. The van der Waals surface area contributed by atoms with E-state index in [-0.39, 0.29) is 6.54 Å². The highest BCUT2D eigenvalue weighted by Crippen LogP contribution is 2.25. The van der Waals surface area contributed by atoms with Gasteiger partial charge >= 0.3 is 6.03 Å². The second-order valence-electron chi connectivity index (χ2n) is 4.06. The number of nitrogens with two attached hydrogens (primary N) is 1. The number of nitrogens with zero attached hydrogens (tertiary/aromatic N) is 2. The third kappa shape index (κ3) is 1.97. The Morgan fingerprint density at radius 1 is 1.39 bits per heavy atom. The molecule has 0 bridgehead atoms. The van der Waals surface area contributed by atoms with E-state index in [9.17, 15) is 19.8 Å². The number of aliphatic hydroxyl groups excluding tert-OH is 3. The van der Waals surface area contributed by atoms with Crippen LogP contribution in [-0.2, 0) is 9.53 Å². The van der Waals surface area contributed by atoms with E-state index in [4.69, 9.17) is 15.6 Å². The predicted molar refractivity (Wildman–Crippen MR) is 56.5 cm³/mol. The van der Waals surface area contributed by atoms with Crippen LogP contribution in [0.2, 0.25) is 0 Å². The molecule has 0 aliphatic carbocycles. The number of hydrogen-bond acceptors (Lipinski definition) is 7. The topological polar surface area (TPSA) is 146 Å². The molecule has 18 heavy (non-hydrogen) atoms. The van der Waals surface area contributed by atoms with Crippen LogP contribution in [-0.4, -0.2) is 75.6 Å². The number of amides is 2. The zero-order valence-electron chi connectivity index (χ0n) is 9.26. The molecule has 0 spiro atoms. The van der Waals surface area contributed by atoms with Gasteiger partial charge in [0.15, 0.2) is 12.1 Å². The molecular weight excluding hydrogens is 246 g/mol. The summed E-state index contributed by atoms with van der Waals surface area (Å²) in [5, 5.41) is 28.2. The highest BCUT2D eigenvalue weighted by atomic mass is 16.6. The minimum Gasteiger partial charge on any atom is -0.394 e. The predicted octanol–water partition coefficient (Wildman–Crippen LogP) is -3.21. The van der Waals surface area contributed by atoms with Crippen LogP contribution in [0.3, 0.4) is 0 Å². The van der Waals surface area contributed by atoms with E-state index in [0.717, 1.165) is 4.90 Å². The number of carbonyl (C=O) groups is 2. The molecule has 2 aliphatic rings. The van der Waals surface area contributed by atoms with Crippen molar-refractivity contribution in [1.82, 2.24) is 4.90 Å². The molecule has 1 fully saturated rings. The van der Waals surface area contributed by atoms with Crippen molar-refractivity contribution < 1.29 is 29.6 Å². The first kappa shape index (κ1) is 12.9. The summed E-state index contributed by atoms with van der Waals surface area (Å²) >= 11 is 0. The molecule has 2 rings (SSSR count). The van der Waals surface area contributed by atoms with Crippen LogP contribution in [0.1, 0.15) is 0 Å². The Labute approximate surface area is 101 Å². The third-order valence-corrected chi connectivity index (χ3v) is 2.89. The number of hydrogen-bond donors (Lipinski definition) is 4. The maximum absolute atomic E-state index is 11.6. The Balaban J connectivity index is 2.18. The van der Waals surface area contributed by atoms with Crippen LogP contribution >= 0.6 is 0 Å². The lowest BCUT2D eigenvalue weighted by Gasteiger charge is -2.30. The van der Waals surface area contributed by atoms with E-state index in [1.807, 2.05) is 0 Å². The number of aliphatic hydroxyl groups is 3. The fourth-order valence-corrected chi connectivity index (χ4v) is 1.87. The first-order valence-electron chi connectivity index (χ1n) is 5.26. The average Bonchev–Trinajstić information content (AvgIpc) is 2.61. The fourth-order valence-electron chi connectivity index (χ4n) is 1.87. The molecule has 2 heterocycles. The molecule has 1 saturated heterocycles. The van der Waals surface area contributed by atoms with E-state index in [1.165, 1.54) is 0 Å². The van der Waals surface area contributed by atoms with Crippen molar-refractivity contribution in [3.05, 3.63) is 0 Å². The van der Waals surface area contributed by atoms with Crippen molar-refractivity contribution in [2.24, 2.45) is 10.7 Å². The number of ether oxygens (including phenoxy) is 1. The lowest BCUT2D eigenvalue weighted by Crippen LogP contribution is -2.53. The van der Waals surface area contributed by atoms with Gasteiger partial charge in [0.25, 0.3) is 0 Å². The monoisotopic (exact) mass is 259 g/mol. The van der Waals surface area contributed by atoms with Gasteiger partial charge in [0.05, 0.1) is 13.2 Å².